The van der Waals surface area contributed by atoms with Gasteiger partial charge in [0.1, 0.15) is 4.88 Å². The number of thiazole rings is 1. The molecule has 2 N–H and O–H groups in total. The van der Waals surface area contributed by atoms with Gasteiger partial charge in [0, 0.05) is 20.0 Å². The van der Waals surface area contributed by atoms with Crippen molar-refractivity contribution in [3.8, 4) is 0 Å². The number of carboxylic acids is 1. The van der Waals surface area contributed by atoms with Gasteiger partial charge in [0.15, 0.2) is 16.6 Å². The molecule has 2 rings (SSSR count). The van der Waals surface area contributed by atoms with Gasteiger partial charge >= 0.3 is 5.97 Å². The highest BCUT2D eigenvalue weighted by Crippen LogP contribution is 2.24. The first-order valence-electron chi connectivity index (χ1n) is 6.65. The van der Waals surface area contributed by atoms with Gasteiger partial charge in [0.25, 0.3) is 0 Å². The summed E-state index contributed by atoms with van der Waals surface area (Å²) in [7, 11) is 2.10. The van der Waals surface area contributed by atoms with Crippen LogP contribution in [0.25, 0.3) is 0 Å². The van der Waals surface area contributed by atoms with E-state index in [1.807, 2.05) is 0 Å². The Balaban J connectivity index is 2.01. The van der Waals surface area contributed by atoms with Crippen LogP contribution in [-0.4, -0.2) is 53.4 Å². The minimum absolute atomic E-state index is 0.147. The monoisotopic (exact) mass is 297 g/mol. The summed E-state index contributed by atoms with van der Waals surface area (Å²) >= 11 is 1.12. The van der Waals surface area contributed by atoms with Crippen molar-refractivity contribution >= 4 is 28.2 Å². The third-order valence-corrected chi connectivity index (χ3v) is 4.53. The molecule has 1 aliphatic heterocycles. The average Bonchev–Trinajstić information content (AvgIpc) is 2.81. The van der Waals surface area contributed by atoms with E-state index in [2.05, 4.69) is 22.2 Å². The highest BCUT2D eigenvalue weighted by atomic mass is 32.1. The average molecular weight is 297 g/mol. The molecule has 1 aromatic rings. The number of hydrogen-bond donors (Lipinski definition) is 2. The maximum atomic E-state index is 11.4. The van der Waals surface area contributed by atoms with Crippen LogP contribution in [-0.2, 0) is 0 Å². The van der Waals surface area contributed by atoms with Gasteiger partial charge in [-0.2, -0.15) is 0 Å². The standard InChI is InChI=1S/C13H19N3O3S/c1-8(17)11-10(12(18)19)15-13(20-11)14-6-9-4-3-5-16(2)7-9/h9H,3-7H2,1-2H3,(H,14,15)(H,18,19). The zero-order valence-electron chi connectivity index (χ0n) is 11.7. The Morgan fingerprint density at radius 3 is 2.85 bits per heavy atom. The number of aromatic carboxylic acids is 1. The minimum atomic E-state index is -1.16. The molecule has 0 aromatic carbocycles. The summed E-state index contributed by atoms with van der Waals surface area (Å²) in [6.07, 6.45) is 2.34. The van der Waals surface area contributed by atoms with Crippen LogP contribution in [0.4, 0.5) is 5.13 Å². The quantitative estimate of drug-likeness (QED) is 0.806. The minimum Gasteiger partial charge on any atom is -0.476 e. The number of carbonyl (C=O) groups excluding carboxylic acids is 1. The number of piperidine rings is 1. The van der Waals surface area contributed by atoms with E-state index in [0.29, 0.717) is 11.0 Å². The molecule has 2 heterocycles. The molecule has 7 heteroatoms. The van der Waals surface area contributed by atoms with E-state index in [-0.39, 0.29) is 16.4 Å². The molecule has 0 amide bonds. The second-order valence-corrected chi connectivity index (χ2v) is 6.21. The van der Waals surface area contributed by atoms with E-state index in [4.69, 9.17) is 5.11 Å². The number of carboxylic acid groups (broad SMARTS) is 1. The summed E-state index contributed by atoms with van der Waals surface area (Å²) in [5.41, 5.74) is -0.147. The molecular formula is C13H19N3O3S. The normalized spacial score (nSPS) is 19.8. The van der Waals surface area contributed by atoms with E-state index >= 15 is 0 Å². The van der Waals surface area contributed by atoms with Gasteiger partial charge in [-0.3, -0.25) is 4.79 Å². The molecule has 6 nitrogen and oxygen atoms in total. The zero-order chi connectivity index (χ0) is 14.7. The number of nitrogens with zero attached hydrogens (tertiary/aromatic N) is 2. The lowest BCUT2D eigenvalue weighted by Gasteiger charge is -2.29. The predicted octanol–water partition coefficient (Wildman–Crippen LogP) is 1.80. The van der Waals surface area contributed by atoms with Gasteiger partial charge in [0.2, 0.25) is 0 Å². The Kier molecular flexibility index (Phi) is 4.72. The number of nitrogens with one attached hydrogen (secondary N) is 1. The van der Waals surface area contributed by atoms with Gasteiger partial charge in [-0.05, 0) is 32.4 Å². The van der Waals surface area contributed by atoms with E-state index in [0.717, 1.165) is 37.4 Å². The van der Waals surface area contributed by atoms with Crippen molar-refractivity contribution in [2.75, 3.05) is 32.0 Å². The second kappa shape index (κ2) is 6.32. The van der Waals surface area contributed by atoms with E-state index in [9.17, 15) is 9.59 Å². The SMILES string of the molecule is CC(=O)c1sc(NCC2CCCN(C)C2)nc1C(=O)O. The van der Waals surface area contributed by atoms with Crippen LogP contribution in [0.3, 0.4) is 0 Å². The molecule has 0 saturated carbocycles. The Hall–Kier alpha value is -1.47. The van der Waals surface area contributed by atoms with E-state index < -0.39 is 5.97 Å². The van der Waals surface area contributed by atoms with Crippen LogP contribution < -0.4 is 5.32 Å². The van der Waals surface area contributed by atoms with Gasteiger partial charge in [0.05, 0.1) is 0 Å². The number of aromatic nitrogens is 1. The van der Waals surface area contributed by atoms with Crippen molar-refractivity contribution in [3.63, 3.8) is 0 Å². The lowest BCUT2D eigenvalue weighted by molar-refractivity contribution is 0.0687. The van der Waals surface area contributed by atoms with Gasteiger partial charge < -0.3 is 15.3 Å². The molecule has 0 spiro atoms. The number of ketones is 1. The molecule has 20 heavy (non-hydrogen) atoms. The topological polar surface area (TPSA) is 82.5 Å². The van der Waals surface area contributed by atoms with E-state index in [1.54, 1.807) is 0 Å². The maximum absolute atomic E-state index is 11.4. The largest absolute Gasteiger partial charge is 0.476 e. The van der Waals surface area contributed by atoms with Crippen LogP contribution in [0.1, 0.15) is 39.9 Å². The van der Waals surface area contributed by atoms with Crippen molar-refractivity contribution in [3.05, 3.63) is 10.6 Å². The number of likely N-dealkylation sites (tertiary alicyclic amines) is 1. The Morgan fingerprint density at radius 2 is 2.30 bits per heavy atom. The predicted molar refractivity (Wildman–Crippen MR) is 77.8 cm³/mol. The van der Waals surface area contributed by atoms with Crippen molar-refractivity contribution in [2.45, 2.75) is 19.8 Å². The number of Topliss-reactive ketones (excluding diaryl/α,β-unsaturated/α-hetero) is 1. The number of hydrogen-bond acceptors (Lipinski definition) is 6. The third-order valence-electron chi connectivity index (χ3n) is 3.41. The van der Waals surface area contributed by atoms with Crippen LogP contribution in [0.5, 0.6) is 0 Å². The van der Waals surface area contributed by atoms with Crippen LogP contribution >= 0.6 is 11.3 Å². The fraction of sp³-hybridized carbons (Fsp3) is 0.615. The maximum Gasteiger partial charge on any atom is 0.356 e. The van der Waals surface area contributed by atoms with Gasteiger partial charge in [-0.25, -0.2) is 9.78 Å². The molecule has 1 fully saturated rings. The smallest absolute Gasteiger partial charge is 0.356 e. The second-order valence-electron chi connectivity index (χ2n) is 5.21. The molecule has 1 aromatic heterocycles. The lowest BCUT2D eigenvalue weighted by Crippen LogP contribution is -2.35. The van der Waals surface area contributed by atoms with Crippen LogP contribution in [0.15, 0.2) is 0 Å². The molecule has 0 radical (unpaired) electrons. The fourth-order valence-electron chi connectivity index (χ4n) is 2.45. The summed E-state index contributed by atoms with van der Waals surface area (Å²) in [5, 5.41) is 12.7. The third kappa shape index (κ3) is 3.55. The molecular weight excluding hydrogens is 278 g/mol. The molecule has 0 aliphatic carbocycles. The molecule has 1 saturated heterocycles. The van der Waals surface area contributed by atoms with Crippen molar-refractivity contribution < 1.29 is 14.7 Å². The number of rotatable bonds is 5. The first-order valence-corrected chi connectivity index (χ1v) is 7.46. The van der Waals surface area contributed by atoms with E-state index in [1.165, 1.54) is 13.3 Å². The van der Waals surface area contributed by atoms with Crippen LogP contribution in [0, 0.1) is 5.92 Å². The number of anilines is 1. The fourth-order valence-corrected chi connectivity index (χ4v) is 3.31. The molecule has 0 bridgehead atoms. The van der Waals surface area contributed by atoms with Crippen molar-refractivity contribution in [1.29, 1.82) is 0 Å². The summed E-state index contributed by atoms with van der Waals surface area (Å²) in [6, 6.07) is 0. The van der Waals surface area contributed by atoms with Crippen molar-refractivity contribution in [2.24, 2.45) is 5.92 Å². The summed E-state index contributed by atoms with van der Waals surface area (Å²) in [4.78, 5) is 29.0. The highest BCUT2D eigenvalue weighted by molar-refractivity contribution is 7.17. The first kappa shape index (κ1) is 14.9. The van der Waals surface area contributed by atoms with Crippen LogP contribution in [0.2, 0.25) is 0 Å². The molecule has 110 valence electrons. The Labute approximate surface area is 121 Å². The highest BCUT2D eigenvalue weighted by Gasteiger charge is 2.22. The number of carbonyl (C=O) groups is 2. The van der Waals surface area contributed by atoms with Crippen molar-refractivity contribution in [1.82, 2.24) is 9.88 Å². The molecule has 1 aliphatic rings. The molecule has 1 unspecified atom stereocenters. The molecule has 1 atom stereocenters. The Bertz CT molecular complexity index is 483. The first-order chi connectivity index (χ1) is 9.47. The Morgan fingerprint density at radius 1 is 1.55 bits per heavy atom. The lowest BCUT2D eigenvalue weighted by atomic mass is 9.99. The van der Waals surface area contributed by atoms with Gasteiger partial charge in [-0.15, -0.1) is 0 Å². The summed E-state index contributed by atoms with van der Waals surface area (Å²) in [5.74, 6) is -0.881. The summed E-state index contributed by atoms with van der Waals surface area (Å²) < 4.78 is 0. The summed E-state index contributed by atoms with van der Waals surface area (Å²) in [6.45, 7) is 4.28. The van der Waals surface area contributed by atoms with Gasteiger partial charge in [-0.1, -0.05) is 11.3 Å². The zero-order valence-corrected chi connectivity index (χ0v) is 12.5.